The number of hydrogen-bond acceptors (Lipinski definition) is 5. The van der Waals surface area contributed by atoms with E-state index >= 15 is 0 Å². The van der Waals surface area contributed by atoms with Crippen LogP contribution < -0.4 is 4.90 Å². The number of carbonyl (C=O) groups is 4. The molecule has 2 aliphatic carbocycles. The fraction of sp³-hybridized carbons (Fsp3) is 0.290. The largest absolute Gasteiger partial charge is 0.451 e. The molecule has 3 aromatic carbocycles. The molecule has 3 aliphatic rings. The van der Waals surface area contributed by atoms with Crippen LogP contribution in [-0.4, -0.2) is 29.7 Å². The van der Waals surface area contributed by atoms with Gasteiger partial charge in [0.2, 0.25) is 17.6 Å². The fourth-order valence-corrected chi connectivity index (χ4v) is 6.66. The van der Waals surface area contributed by atoms with E-state index in [0.29, 0.717) is 17.2 Å². The lowest BCUT2D eigenvalue weighted by atomic mass is 9.73. The van der Waals surface area contributed by atoms with Gasteiger partial charge in [-0.05, 0) is 67.3 Å². The van der Waals surface area contributed by atoms with E-state index in [0.717, 1.165) is 12.8 Å². The summed E-state index contributed by atoms with van der Waals surface area (Å²) >= 11 is 0. The zero-order valence-electron chi connectivity index (χ0n) is 20.4. The first-order valence-corrected chi connectivity index (χ1v) is 12.8. The van der Waals surface area contributed by atoms with Crippen LogP contribution in [0.15, 0.2) is 84.9 Å². The summed E-state index contributed by atoms with van der Waals surface area (Å²) in [5, 5.41) is 0. The number of esters is 1. The third-order valence-electron chi connectivity index (χ3n) is 8.32. The van der Waals surface area contributed by atoms with Gasteiger partial charge in [-0.1, -0.05) is 60.7 Å². The number of imide groups is 1. The van der Waals surface area contributed by atoms with E-state index in [-0.39, 0.29) is 46.8 Å². The maximum absolute atomic E-state index is 13.5. The first-order valence-electron chi connectivity index (χ1n) is 12.8. The van der Waals surface area contributed by atoms with Crippen LogP contribution in [0.1, 0.15) is 52.0 Å². The van der Waals surface area contributed by atoms with Gasteiger partial charge in [0.25, 0.3) is 0 Å². The second kappa shape index (κ2) is 9.11. The molecular weight excluding hydrogens is 466 g/mol. The molecule has 1 heterocycles. The first-order chi connectivity index (χ1) is 17.9. The highest BCUT2D eigenvalue weighted by molar-refractivity contribution is 6.22. The minimum Gasteiger partial charge on any atom is -0.451 e. The SMILES string of the molecule is CC(OC(=O)c1ccc(N2C(=O)C3C4CC(c5ccccc5)C(C4)C3C2=O)cc1)C(=O)c1ccccc1. The van der Waals surface area contributed by atoms with Crippen molar-refractivity contribution in [2.45, 2.75) is 31.8 Å². The quantitative estimate of drug-likeness (QED) is 0.273. The Morgan fingerprint density at radius 1 is 0.784 bits per heavy atom. The normalized spacial score (nSPS) is 26.7. The molecule has 186 valence electrons. The number of Topliss-reactive ketones (excluding diaryl/α,β-unsaturated/α-hetero) is 1. The number of hydrogen-bond donors (Lipinski definition) is 0. The third-order valence-corrected chi connectivity index (χ3v) is 8.32. The number of rotatable bonds is 6. The van der Waals surface area contributed by atoms with Crippen molar-refractivity contribution in [3.8, 4) is 0 Å². The van der Waals surface area contributed by atoms with E-state index in [1.807, 2.05) is 24.3 Å². The van der Waals surface area contributed by atoms with Crippen LogP contribution in [0.4, 0.5) is 5.69 Å². The van der Waals surface area contributed by atoms with Gasteiger partial charge in [-0.2, -0.15) is 0 Å². The smallest absolute Gasteiger partial charge is 0.338 e. The Bertz CT molecular complexity index is 1370. The van der Waals surface area contributed by atoms with Gasteiger partial charge in [0, 0.05) is 5.56 Å². The van der Waals surface area contributed by atoms with Gasteiger partial charge < -0.3 is 4.74 Å². The van der Waals surface area contributed by atoms with E-state index in [1.165, 1.54) is 22.6 Å². The van der Waals surface area contributed by atoms with E-state index in [4.69, 9.17) is 4.74 Å². The number of nitrogens with zero attached hydrogens (tertiary/aromatic N) is 1. The summed E-state index contributed by atoms with van der Waals surface area (Å²) in [5.74, 6) is -1.03. The minimum atomic E-state index is -0.941. The van der Waals surface area contributed by atoms with Gasteiger partial charge in [-0.25, -0.2) is 4.79 Å². The van der Waals surface area contributed by atoms with Crippen molar-refractivity contribution >= 4 is 29.3 Å². The first kappa shape index (κ1) is 23.3. The Balaban J connectivity index is 1.16. The van der Waals surface area contributed by atoms with E-state index in [1.54, 1.807) is 43.3 Å². The van der Waals surface area contributed by atoms with Crippen LogP contribution >= 0.6 is 0 Å². The average molecular weight is 494 g/mol. The van der Waals surface area contributed by atoms with Gasteiger partial charge in [0.15, 0.2) is 6.10 Å². The maximum Gasteiger partial charge on any atom is 0.338 e. The van der Waals surface area contributed by atoms with Crippen LogP contribution in [0.2, 0.25) is 0 Å². The topological polar surface area (TPSA) is 80.8 Å². The Kier molecular flexibility index (Phi) is 5.75. The molecule has 2 amide bonds. The highest BCUT2D eigenvalue weighted by Gasteiger charge is 2.64. The van der Waals surface area contributed by atoms with Crippen LogP contribution in [0, 0.1) is 23.7 Å². The molecule has 0 spiro atoms. The second-order valence-electron chi connectivity index (χ2n) is 10.3. The zero-order valence-corrected chi connectivity index (χ0v) is 20.4. The number of amides is 2. The summed E-state index contributed by atoms with van der Waals surface area (Å²) in [6.45, 7) is 1.54. The van der Waals surface area contributed by atoms with Crippen LogP contribution in [0.3, 0.4) is 0 Å². The molecule has 3 fully saturated rings. The van der Waals surface area contributed by atoms with E-state index in [9.17, 15) is 19.2 Å². The summed E-state index contributed by atoms with van der Waals surface area (Å²) in [5.41, 5.74) is 2.43. The number of benzene rings is 3. The van der Waals surface area contributed by atoms with Crippen molar-refractivity contribution in [2.24, 2.45) is 23.7 Å². The van der Waals surface area contributed by atoms with Gasteiger partial charge >= 0.3 is 5.97 Å². The second-order valence-corrected chi connectivity index (χ2v) is 10.3. The number of ether oxygens (including phenoxy) is 1. The van der Waals surface area contributed by atoms with Crippen molar-refractivity contribution in [2.75, 3.05) is 4.90 Å². The Labute approximate surface area is 215 Å². The number of ketones is 1. The van der Waals surface area contributed by atoms with E-state index < -0.39 is 12.1 Å². The molecule has 0 radical (unpaired) electrons. The van der Waals surface area contributed by atoms with E-state index in [2.05, 4.69) is 12.1 Å². The van der Waals surface area contributed by atoms with Crippen molar-refractivity contribution < 1.29 is 23.9 Å². The number of carbonyl (C=O) groups excluding carboxylic acids is 4. The molecule has 37 heavy (non-hydrogen) atoms. The summed E-state index contributed by atoms with van der Waals surface area (Å²) in [4.78, 5) is 53.4. The molecule has 1 saturated heterocycles. The van der Waals surface area contributed by atoms with Crippen LogP contribution in [0.5, 0.6) is 0 Å². The molecule has 0 aromatic heterocycles. The zero-order chi connectivity index (χ0) is 25.7. The maximum atomic E-state index is 13.5. The number of anilines is 1. The lowest BCUT2D eigenvalue weighted by Crippen LogP contribution is -2.33. The molecular formula is C31H27NO5. The molecule has 0 N–H and O–H groups in total. The standard InChI is InChI=1S/C31H27NO5/c1-18(28(33)20-10-6-3-7-11-20)37-31(36)21-12-14-23(15-13-21)32-29(34)26-22-16-24(19-8-4-2-5-9-19)25(17-22)27(26)30(32)35/h2-15,18,22,24-27H,16-17H2,1H3. The summed E-state index contributed by atoms with van der Waals surface area (Å²) in [6.07, 6.45) is 0.918. The van der Waals surface area contributed by atoms with Gasteiger partial charge in [-0.3, -0.25) is 19.3 Å². The monoisotopic (exact) mass is 493 g/mol. The summed E-state index contributed by atoms with van der Waals surface area (Å²) < 4.78 is 5.38. The third kappa shape index (κ3) is 3.88. The average Bonchev–Trinajstić information content (AvgIpc) is 3.60. The minimum absolute atomic E-state index is 0.133. The molecule has 6 heteroatoms. The fourth-order valence-electron chi connectivity index (χ4n) is 6.66. The Hall–Kier alpha value is -4.06. The Morgan fingerprint density at radius 2 is 1.41 bits per heavy atom. The lowest BCUT2D eigenvalue weighted by molar-refractivity contribution is -0.123. The molecule has 2 saturated carbocycles. The van der Waals surface area contributed by atoms with Crippen molar-refractivity contribution in [1.82, 2.24) is 0 Å². The van der Waals surface area contributed by atoms with Gasteiger partial charge in [0.05, 0.1) is 23.1 Å². The molecule has 6 nitrogen and oxygen atoms in total. The van der Waals surface area contributed by atoms with Crippen LogP contribution in [-0.2, 0) is 14.3 Å². The highest BCUT2D eigenvalue weighted by Crippen LogP contribution is 2.61. The lowest BCUT2D eigenvalue weighted by Gasteiger charge is -2.28. The molecule has 6 atom stereocenters. The molecule has 6 unspecified atom stereocenters. The molecule has 3 aromatic rings. The highest BCUT2D eigenvalue weighted by atomic mass is 16.5. The van der Waals surface area contributed by atoms with Crippen molar-refractivity contribution in [3.05, 3.63) is 102 Å². The molecule has 2 bridgehead atoms. The predicted molar refractivity (Wildman–Crippen MR) is 137 cm³/mol. The van der Waals surface area contributed by atoms with Crippen LogP contribution in [0.25, 0.3) is 0 Å². The molecule has 1 aliphatic heterocycles. The Morgan fingerprint density at radius 3 is 2.08 bits per heavy atom. The number of fused-ring (bicyclic) bond motifs is 5. The van der Waals surface area contributed by atoms with Crippen molar-refractivity contribution in [1.29, 1.82) is 0 Å². The molecule has 6 rings (SSSR count). The van der Waals surface area contributed by atoms with Gasteiger partial charge in [0.1, 0.15) is 0 Å². The van der Waals surface area contributed by atoms with Gasteiger partial charge in [-0.15, -0.1) is 0 Å². The van der Waals surface area contributed by atoms with Crippen molar-refractivity contribution in [3.63, 3.8) is 0 Å². The predicted octanol–water partition coefficient (Wildman–Crippen LogP) is 5.04. The summed E-state index contributed by atoms with van der Waals surface area (Å²) in [7, 11) is 0. The summed E-state index contributed by atoms with van der Waals surface area (Å²) in [6, 6.07) is 25.2.